The van der Waals surface area contributed by atoms with Gasteiger partial charge in [0.2, 0.25) is 0 Å². The fourth-order valence-corrected chi connectivity index (χ4v) is 3.03. The molecule has 0 spiro atoms. The van der Waals surface area contributed by atoms with Gasteiger partial charge >= 0.3 is 0 Å². The summed E-state index contributed by atoms with van der Waals surface area (Å²) in [4.78, 5) is 0. The summed E-state index contributed by atoms with van der Waals surface area (Å²) in [6.45, 7) is 7.79. The van der Waals surface area contributed by atoms with Crippen molar-refractivity contribution < 1.29 is 13.5 Å². The third-order valence-electron chi connectivity index (χ3n) is 3.30. The lowest BCUT2D eigenvalue weighted by atomic mass is 9.87. The number of aliphatic hydroxyl groups is 1. The van der Waals surface area contributed by atoms with E-state index in [9.17, 15) is 13.5 Å². The quantitative estimate of drug-likeness (QED) is 0.872. The molecule has 0 bridgehead atoms. The van der Waals surface area contributed by atoms with Crippen molar-refractivity contribution in [3.63, 3.8) is 0 Å². The summed E-state index contributed by atoms with van der Waals surface area (Å²) in [5.41, 5.74) is 1.52. The van der Waals surface area contributed by atoms with E-state index in [4.69, 9.17) is 0 Å². The molecule has 0 saturated carbocycles. The molecule has 20 heavy (non-hydrogen) atoms. The molecule has 0 aliphatic heterocycles. The third kappa shape index (κ3) is 4.59. The van der Waals surface area contributed by atoms with Crippen molar-refractivity contribution in [1.29, 1.82) is 0 Å². The minimum absolute atomic E-state index is 0.131. The van der Waals surface area contributed by atoms with E-state index < -0.39 is 15.9 Å². The first-order chi connectivity index (χ1) is 9.07. The van der Waals surface area contributed by atoms with Crippen molar-refractivity contribution in [2.75, 3.05) is 11.5 Å². The number of sulfone groups is 1. The molecular weight excluding hydrogens is 276 g/mol. The van der Waals surface area contributed by atoms with Crippen molar-refractivity contribution >= 4 is 9.84 Å². The van der Waals surface area contributed by atoms with Crippen molar-refractivity contribution in [2.24, 2.45) is 7.05 Å². The molecule has 116 valence electrons. The van der Waals surface area contributed by atoms with E-state index in [0.29, 0.717) is 12.8 Å². The molecule has 0 amide bonds. The average Bonchev–Trinajstić information content (AvgIpc) is 2.71. The van der Waals surface area contributed by atoms with E-state index in [1.165, 1.54) is 0 Å². The van der Waals surface area contributed by atoms with Crippen LogP contribution < -0.4 is 0 Å². The number of rotatable bonds is 6. The van der Waals surface area contributed by atoms with Gasteiger partial charge in [-0.1, -0.05) is 27.7 Å². The fourth-order valence-electron chi connectivity index (χ4n) is 2.13. The molecule has 1 unspecified atom stereocenters. The van der Waals surface area contributed by atoms with E-state index in [1.807, 2.05) is 34.0 Å². The van der Waals surface area contributed by atoms with E-state index in [1.54, 1.807) is 11.6 Å². The minimum Gasteiger partial charge on any atom is -0.388 e. The first kappa shape index (κ1) is 17.2. The summed E-state index contributed by atoms with van der Waals surface area (Å²) in [6.07, 6.45) is 2.06. The second-order valence-electron chi connectivity index (χ2n) is 6.25. The van der Waals surface area contributed by atoms with Crippen LogP contribution in [-0.2, 0) is 22.3 Å². The largest absolute Gasteiger partial charge is 0.388 e. The summed E-state index contributed by atoms with van der Waals surface area (Å²) in [7, 11) is -1.14. The molecule has 5 nitrogen and oxygen atoms in total. The van der Waals surface area contributed by atoms with Gasteiger partial charge in [-0.05, 0) is 12.8 Å². The topological polar surface area (TPSA) is 72.2 Å². The van der Waals surface area contributed by atoms with Gasteiger partial charge in [-0.3, -0.25) is 4.68 Å². The van der Waals surface area contributed by atoms with Crippen molar-refractivity contribution in [2.45, 2.75) is 52.1 Å². The highest BCUT2D eigenvalue weighted by molar-refractivity contribution is 7.91. The Morgan fingerprint density at radius 2 is 2.00 bits per heavy atom. The highest BCUT2D eigenvalue weighted by Crippen LogP contribution is 2.30. The van der Waals surface area contributed by atoms with Gasteiger partial charge in [-0.25, -0.2) is 8.42 Å². The Kier molecular flexibility index (Phi) is 5.38. The normalized spacial score (nSPS) is 14.5. The monoisotopic (exact) mass is 302 g/mol. The molecule has 0 aliphatic carbocycles. The summed E-state index contributed by atoms with van der Waals surface area (Å²) in [6, 6.07) is 0. The Labute approximate surface area is 121 Å². The summed E-state index contributed by atoms with van der Waals surface area (Å²) < 4.78 is 24.6. The van der Waals surface area contributed by atoms with Crippen LogP contribution in [0.15, 0.2) is 6.20 Å². The number of hydrogen-bond acceptors (Lipinski definition) is 4. The maximum absolute atomic E-state index is 11.4. The number of nitrogens with zero attached hydrogens (tertiary/aromatic N) is 2. The van der Waals surface area contributed by atoms with Crippen molar-refractivity contribution in [3.8, 4) is 0 Å². The lowest BCUT2D eigenvalue weighted by molar-refractivity contribution is 0.164. The van der Waals surface area contributed by atoms with Gasteiger partial charge in [0.05, 0.1) is 17.6 Å². The van der Waals surface area contributed by atoms with Gasteiger partial charge in [0.15, 0.2) is 0 Å². The van der Waals surface area contributed by atoms with Gasteiger partial charge in [0.25, 0.3) is 0 Å². The molecule has 6 heteroatoms. The first-order valence-electron chi connectivity index (χ1n) is 6.99. The van der Waals surface area contributed by atoms with E-state index in [0.717, 1.165) is 11.3 Å². The van der Waals surface area contributed by atoms with Crippen LogP contribution in [0, 0.1) is 0 Å². The van der Waals surface area contributed by atoms with Crippen LogP contribution in [0.4, 0.5) is 0 Å². The number of aromatic nitrogens is 2. The average molecular weight is 302 g/mol. The lowest BCUT2D eigenvalue weighted by Crippen LogP contribution is -2.17. The van der Waals surface area contributed by atoms with Crippen LogP contribution in [0.2, 0.25) is 0 Å². The zero-order chi connectivity index (χ0) is 15.6. The molecule has 0 saturated heterocycles. The van der Waals surface area contributed by atoms with Gasteiger partial charge in [0.1, 0.15) is 9.84 Å². The van der Waals surface area contributed by atoms with Crippen LogP contribution in [-0.4, -0.2) is 34.8 Å². The molecule has 1 heterocycles. The maximum Gasteiger partial charge on any atom is 0.150 e. The van der Waals surface area contributed by atoms with Gasteiger partial charge in [-0.2, -0.15) is 5.10 Å². The van der Waals surface area contributed by atoms with E-state index in [2.05, 4.69) is 5.10 Å². The highest BCUT2D eigenvalue weighted by atomic mass is 32.2. The first-order valence-corrected chi connectivity index (χ1v) is 8.81. The minimum atomic E-state index is -2.96. The molecule has 0 aliphatic rings. The number of hydrogen-bond donors (Lipinski definition) is 1. The predicted molar refractivity (Wildman–Crippen MR) is 80.4 cm³/mol. The molecule has 0 fully saturated rings. The van der Waals surface area contributed by atoms with Crippen molar-refractivity contribution in [3.05, 3.63) is 17.5 Å². The molecule has 1 N–H and O–H groups in total. The molecular formula is C14H26N2O3S. The Bertz CT molecular complexity index is 541. The van der Waals surface area contributed by atoms with Crippen LogP contribution in [0.5, 0.6) is 0 Å². The Balaban J connectivity index is 2.76. The molecule has 1 aromatic rings. The van der Waals surface area contributed by atoms with Gasteiger partial charge < -0.3 is 5.11 Å². The lowest BCUT2D eigenvalue weighted by Gasteiger charge is -2.20. The highest BCUT2D eigenvalue weighted by Gasteiger charge is 2.25. The third-order valence-corrected chi connectivity index (χ3v) is 5.09. The summed E-state index contributed by atoms with van der Waals surface area (Å²) >= 11 is 0. The van der Waals surface area contributed by atoms with E-state index >= 15 is 0 Å². The Morgan fingerprint density at radius 3 is 2.50 bits per heavy atom. The fraction of sp³-hybridized carbons (Fsp3) is 0.786. The summed E-state index contributed by atoms with van der Waals surface area (Å²) in [5.74, 6) is 0.287. The second-order valence-corrected chi connectivity index (χ2v) is 8.72. The SMILES string of the molecule is CCS(=O)(=O)CCCC(O)c1cn(C)nc1C(C)(C)C. The molecule has 1 atom stereocenters. The zero-order valence-corrected chi connectivity index (χ0v) is 13.9. The van der Waals surface area contributed by atoms with Crippen molar-refractivity contribution in [1.82, 2.24) is 9.78 Å². The number of aliphatic hydroxyl groups excluding tert-OH is 1. The van der Waals surface area contributed by atoms with E-state index in [-0.39, 0.29) is 16.9 Å². The van der Waals surface area contributed by atoms with Crippen LogP contribution >= 0.6 is 0 Å². The standard InChI is InChI=1S/C14H26N2O3S/c1-6-20(18,19)9-7-8-12(17)11-10-16(5)15-13(11)14(2,3)4/h10,12,17H,6-9H2,1-5H3. The Morgan fingerprint density at radius 1 is 1.40 bits per heavy atom. The molecule has 1 aromatic heterocycles. The summed E-state index contributed by atoms with van der Waals surface area (Å²) in [5, 5.41) is 14.7. The van der Waals surface area contributed by atoms with Gasteiger partial charge in [0, 0.05) is 30.0 Å². The molecule has 0 aromatic carbocycles. The Hall–Kier alpha value is -0.880. The smallest absolute Gasteiger partial charge is 0.150 e. The number of aryl methyl sites for hydroxylation is 1. The zero-order valence-electron chi connectivity index (χ0n) is 13.0. The molecule has 1 rings (SSSR count). The van der Waals surface area contributed by atoms with Crippen LogP contribution in [0.1, 0.15) is 57.9 Å². The van der Waals surface area contributed by atoms with Gasteiger partial charge in [-0.15, -0.1) is 0 Å². The van der Waals surface area contributed by atoms with Crippen LogP contribution in [0.3, 0.4) is 0 Å². The molecule has 0 radical (unpaired) electrons. The maximum atomic E-state index is 11.4. The van der Waals surface area contributed by atoms with Crippen LogP contribution in [0.25, 0.3) is 0 Å². The predicted octanol–water partition coefficient (Wildman–Crippen LogP) is 1.97. The second kappa shape index (κ2) is 6.26.